The minimum atomic E-state index is 0.372. The van der Waals surface area contributed by atoms with Crippen LogP contribution in [0.2, 0.25) is 0 Å². The molecule has 2 fully saturated rings. The van der Waals surface area contributed by atoms with Crippen LogP contribution < -0.4 is 4.90 Å². The molecule has 1 unspecified atom stereocenters. The third-order valence-electron chi connectivity index (χ3n) is 5.77. The van der Waals surface area contributed by atoms with E-state index in [0.717, 1.165) is 59.6 Å². The predicted molar refractivity (Wildman–Crippen MR) is 102 cm³/mol. The minimum absolute atomic E-state index is 0.372. The van der Waals surface area contributed by atoms with Crippen molar-refractivity contribution in [1.82, 2.24) is 24.7 Å². The van der Waals surface area contributed by atoms with Gasteiger partial charge in [0.2, 0.25) is 0 Å². The summed E-state index contributed by atoms with van der Waals surface area (Å²) in [5.74, 6) is 2.38. The number of hydrogen-bond donors (Lipinski definition) is 0. The second-order valence-electron chi connectivity index (χ2n) is 7.59. The van der Waals surface area contributed by atoms with E-state index in [-0.39, 0.29) is 0 Å². The Labute approximate surface area is 156 Å². The average Bonchev–Trinajstić information content (AvgIpc) is 3.32. The SMILES string of the molecule is c1ccc2c(c1)oc1c(N3CCCC(c4nncn4C4CC4)C3)ncnc12. The lowest BCUT2D eigenvalue weighted by Gasteiger charge is -2.33. The molecule has 0 spiro atoms. The van der Waals surface area contributed by atoms with Crippen LogP contribution in [0.1, 0.15) is 43.5 Å². The first kappa shape index (κ1) is 15.1. The Morgan fingerprint density at radius 2 is 2.00 bits per heavy atom. The first-order chi connectivity index (χ1) is 13.4. The third kappa shape index (κ3) is 2.41. The summed E-state index contributed by atoms with van der Waals surface area (Å²) in [5.41, 5.74) is 2.53. The lowest BCUT2D eigenvalue weighted by molar-refractivity contribution is 0.468. The van der Waals surface area contributed by atoms with Gasteiger partial charge < -0.3 is 13.9 Å². The minimum Gasteiger partial charge on any atom is -0.450 e. The predicted octanol–water partition coefficient (Wildman–Crippen LogP) is 3.69. The molecule has 3 aromatic heterocycles. The van der Waals surface area contributed by atoms with Crippen molar-refractivity contribution in [1.29, 1.82) is 0 Å². The van der Waals surface area contributed by atoms with E-state index in [1.807, 2.05) is 24.5 Å². The van der Waals surface area contributed by atoms with Crippen LogP contribution >= 0.6 is 0 Å². The molecule has 0 N–H and O–H groups in total. The molecule has 6 rings (SSSR count). The Bertz CT molecular complexity index is 1130. The van der Waals surface area contributed by atoms with Crippen molar-refractivity contribution in [3.05, 3.63) is 42.7 Å². The summed E-state index contributed by atoms with van der Waals surface area (Å²) in [6, 6.07) is 8.64. The first-order valence-electron chi connectivity index (χ1n) is 9.65. The molecule has 1 aliphatic heterocycles. The van der Waals surface area contributed by atoms with E-state index in [9.17, 15) is 0 Å². The molecule has 0 bridgehead atoms. The first-order valence-corrected chi connectivity index (χ1v) is 9.65. The molecule has 1 saturated carbocycles. The van der Waals surface area contributed by atoms with Crippen molar-refractivity contribution in [2.75, 3.05) is 18.0 Å². The van der Waals surface area contributed by atoms with Crippen LogP contribution in [0.3, 0.4) is 0 Å². The molecule has 4 heterocycles. The van der Waals surface area contributed by atoms with Gasteiger partial charge in [0.05, 0.1) is 0 Å². The molecule has 1 saturated heterocycles. The number of para-hydroxylation sites is 1. The molecule has 0 radical (unpaired) electrons. The zero-order valence-corrected chi connectivity index (χ0v) is 15.0. The van der Waals surface area contributed by atoms with Gasteiger partial charge >= 0.3 is 0 Å². The maximum atomic E-state index is 6.13. The van der Waals surface area contributed by atoms with Gasteiger partial charge in [0.25, 0.3) is 0 Å². The number of hydrogen-bond acceptors (Lipinski definition) is 6. The molecule has 136 valence electrons. The van der Waals surface area contributed by atoms with Crippen LogP contribution in [-0.2, 0) is 0 Å². The molecule has 0 amide bonds. The van der Waals surface area contributed by atoms with E-state index < -0.39 is 0 Å². The van der Waals surface area contributed by atoms with Gasteiger partial charge in [-0.25, -0.2) is 9.97 Å². The zero-order valence-electron chi connectivity index (χ0n) is 15.0. The van der Waals surface area contributed by atoms with Gasteiger partial charge in [0.1, 0.15) is 29.6 Å². The molecular formula is C20H20N6O. The second-order valence-corrected chi connectivity index (χ2v) is 7.59. The van der Waals surface area contributed by atoms with Crippen LogP contribution in [0.15, 0.2) is 41.3 Å². The molecular weight excluding hydrogens is 340 g/mol. The molecule has 7 nitrogen and oxygen atoms in total. The maximum Gasteiger partial charge on any atom is 0.196 e. The summed E-state index contributed by atoms with van der Waals surface area (Å²) in [6.07, 6.45) is 8.27. The highest BCUT2D eigenvalue weighted by molar-refractivity contribution is 6.05. The monoisotopic (exact) mass is 360 g/mol. The van der Waals surface area contributed by atoms with Crippen LogP contribution in [0, 0.1) is 0 Å². The fraction of sp³-hybridized carbons (Fsp3) is 0.400. The quantitative estimate of drug-likeness (QED) is 0.555. The summed E-state index contributed by atoms with van der Waals surface area (Å²) < 4.78 is 8.42. The molecule has 27 heavy (non-hydrogen) atoms. The summed E-state index contributed by atoms with van der Waals surface area (Å²) in [6.45, 7) is 1.85. The molecule has 1 atom stereocenters. The molecule has 2 aliphatic rings. The number of nitrogens with zero attached hydrogens (tertiary/aromatic N) is 6. The Kier molecular flexibility index (Phi) is 3.23. The summed E-state index contributed by atoms with van der Waals surface area (Å²) in [5, 5.41) is 9.68. The highest BCUT2D eigenvalue weighted by Gasteiger charge is 2.32. The fourth-order valence-electron chi connectivity index (χ4n) is 4.29. The van der Waals surface area contributed by atoms with Gasteiger partial charge in [-0.1, -0.05) is 12.1 Å². The number of fused-ring (bicyclic) bond motifs is 3. The van der Waals surface area contributed by atoms with Crippen molar-refractivity contribution in [2.45, 2.75) is 37.6 Å². The highest BCUT2D eigenvalue weighted by Crippen LogP contribution is 2.39. The normalized spacial score (nSPS) is 20.6. The summed E-state index contributed by atoms with van der Waals surface area (Å²) >= 11 is 0. The average molecular weight is 360 g/mol. The number of furan rings is 1. The smallest absolute Gasteiger partial charge is 0.196 e. The highest BCUT2D eigenvalue weighted by atomic mass is 16.3. The summed E-state index contributed by atoms with van der Waals surface area (Å²) in [4.78, 5) is 11.4. The van der Waals surface area contributed by atoms with Gasteiger partial charge in [-0.15, -0.1) is 10.2 Å². The Morgan fingerprint density at radius 3 is 2.93 bits per heavy atom. The van der Waals surface area contributed by atoms with Gasteiger partial charge in [0, 0.05) is 30.4 Å². The maximum absolute atomic E-state index is 6.13. The number of benzene rings is 1. The van der Waals surface area contributed by atoms with E-state index in [0.29, 0.717) is 12.0 Å². The van der Waals surface area contributed by atoms with Crippen molar-refractivity contribution in [3.63, 3.8) is 0 Å². The van der Waals surface area contributed by atoms with Gasteiger partial charge in [-0.05, 0) is 37.8 Å². The Morgan fingerprint density at radius 1 is 1.07 bits per heavy atom. The number of anilines is 1. The van der Waals surface area contributed by atoms with E-state index in [2.05, 4.69) is 35.7 Å². The van der Waals surface area contributed by atoms with Crippen molar-refractivity contribution in [3.8, 4) is 0 Å². The number of rotatable bonds is 3. The Balaban J connectivity index is 1.39. The molecule has 1 aromatic carbocycles. The van der Waals surface area contributed by atoms with E-state index in [4.69, 9.17) is 4.42 Å². The molecule has 7 heteroatoms. The van der Waals surface area contributed by atoms with E-state index in [1.165, 1.54) is 12.8 Å². The summed E-state index contributed by atoms with van der Waals surface area (Å²) in [7, 11) is 0. The zero-order chi connectivity index (χ0) is 17.8. The fourth-order valence-corrected chi connectivity index (χ4v) is 4.29. The lowest BCUT2D eigenvalue weighted by Crippen LogP contribution is -2.36. The third-order valence-corrected chi connectivity index (χ3v) is 5.77. The molecule has 4 aromatic rings. The topological polar surface area (TPSA) is 72.9 Å². The van der Waals surface area contributed by atoms with Crippen molar-refractivity contribution >= 4 is 27.9 Å². The van der Waals surface area contributed by atoms with Crippen molar-refractivity contribution < 1.29 is 4.42 Å². The van der Waals surface area contributed by atoms with Crippen LogP contribution in [0.25, 0.3) is 22.1 Å². The van der Waals surface area contributed by atoms with Gasteiger partial charge in [0.15, 0.2) is 11.4 Å². The molecule has 1 aliphatic carbocycles. The van der Waals surface area contributed by atoms with Crippen LogP contribution in [0.4, 0.5) is 5.82 Å². The largest absolute Gasteiger partial charge is 0.450 e. The standard InChI is InChI=1S/C20H20N6O/c1-2-6-16-15(5-1)17-18(27-16)20(22-11-21-17)25-9-3-4-13(10-25)19-24-23-12-26(19)14-7-8-14/h1-2,5-6,11-14H,3-4,7-10H2. The number of piperidine rings is 1. The van der Waals surface area contributed by atoms with Crippen LogP contribution in [0.5, 0.6) is 0 Å². The Hall–Kier alpha value is -2.96. The van der Waals surface area contributed by atoms with Gasteiger partial charge in [-0.2, -0.15) is 0 Å². The van der Waals surface area contributed by atoms with Crippen LogP contribution in [-0.4, -0.2) is 37.8 Å². The van der Waals surface area contributed by atoms with E-state index in [1.54, 1.807) is 6.33 Å². The number of aromatic nitrogens is 5. The van der Waals surface area contributed by atoms with E-state index >= 15 is 0 Å². The van der Waals surface area contributed by atoms with Crippen molar-refractivity contribution in [2.24, 2.45) is 0 Å². The second kappa shape index (κ2) is 5.77. The van der Waals surface area contributed by atoms with Gasteiger partial charge in [-0.3, -0.25) is 0 Å². The lowest BCUT2D eigenvalue weighted by atomic mass is 9.97.